The summed E-state index contributed by atoms with van der Waals surface area (Å²) in [5.41, 5.74) is 1.10. The average Bonchev–Trinajstić information content (AvgIpc) is 2.08. The Morgan fingerprint density at radius 1 is 1.43 bits per heavy atom. The molecule has 0 spiro atoms. The molecular formula is C12H21NO. The molecule has 2 nitrogen and oxygen atoms in total. The molecule has 0 aromatic rings. The van der Waals surface area contributed by atoms with Gasteiger partial charge in [-0.3, -0.25) is 0 Å². The summed E-state index contributed by atoms with van der Waals surface area (Å²) in [6, 6.07) is 0. The SMILES string of the molecule is CC1=C/CCCC/C(OCC(C)C)=N\1. The Morgan fingerprint density at radius 3 is 2.93 bits per heavy atom. The minimum Gasteiger partial charge on any atom is -0.480 e. The second-order valence-corrected chi connectivity index (χ2v) is 4.30. The molecule has 0 aliphatic carbocycles. The Bertz CT molecular complexity index is 228. The molecule has 80 valence electrons. The van der Waals surface area contributed by atoms with Gasteiger partial charge in [0.25, 0.3) is 0 Å². The topological polar surface area (TPSA) is 21.6 Å². The van der Waals surface area contributed by atoms with Crippen molar-refractivity contribution >= 4 is 5.90 Å². The van der Waals surface area contributed by atoms with Crippen molar-refractivity contribution in [2.45, 2.75) is 46.5 Å². The predicted molar refractivity (Wildman–Crippen MR) is 60.5 cm³/mol. The molecule has 0 aromatic heterocycles. The van der Waals surface area contributed by atoms with E-state index >= 15 is 0 Å². The van der Waals surface area contributed by atoms with Crippen LogP contribution in [0.4, 0.5) is 0 Å². The maximum atomic E-state index is 5.66. The first-order chi connectivity index (χ1) is 6.68. The van der Waals surface area contributed by atoms with Gasteiger partial charge in [0.1, 0.15) is 0 Å². The van der Waals surface area contributed by atoms with Gasteiger partial charge in [-0.15, -0.1) is 0 Å². The van der Waals surface area contributed by atoms with Crippen LogP contribution in [0.2, 0.25) is 0 Å². The van der Waals surface area contributed by atoms with Crippen molar-refractivity contribution in [3.8, 4) is 0 Å². The van der Waals surface area contributed by atoms with Gasteiger partial charge in [0.15, 0.2) is 5.90 Å². The number of allylic oxidation sites excluding steroid dienone is 2. The fourth-order valence-electron chi connectivity index (χ4n) is 1.40. The van der Waals surface area contributed by atoms with Crippen molar-refractivity contribution in [2.75, 3.05) is 6.61 Å². The zero-order chi connectivity index (χ0) is 10.4. The molecule has 0 amide bonds. The van der Waals surface area contributed by atoms with E-state index in [0.29, 0.717) is 5.92 Å². The van der Waals surface area contributed by atoms with Crippen LogP contribution in [-0.4, -0.2) is 12.5 Å². The van der Waals surface area contributed by atoms with Crippen LogP contribution in [0.25, 0.3) is 0 Å². The van der Waals surface area contributed by atoms with Crippen molar-refractivity contribution in [3.05, 3.63) is 11.8 Å². The third kappa shape index (κ3) is 4.45. The first-order valence-electron chi connectivity index (χ1n) is 5.55. The van der Waals surface area contributed by atoms with Crippen LogP contribution in [0.3, 0.4) is 0 Å². The number of aliphatic imine (C=N–C) groups is 1. The monoisotopic (exact) mass is 195 g/mol. The standard InChI is InChI=1S/C12H21NO/c1-10(2)9-14-12-8-6-4-5-7-11(3)13-12/h7,10H,4-6,8-9H2,1-3H3/b11-7-,13-12+. The van der Waals surface area contributed by atoms with Gasteiger partial charge in [0, 0.05) is 12.1 Å². The van der Waals surface area contributed by atoms with E-state index in [-0.39, 0.29) is 0 Å². The zero-order valence-electron chi connectivity index (χ0n) is 9.55. The Balaban J connectivity index is 2.50. The molecule has 0 saturated heterocycles. The second kappa shape index (κ2) is 5.84. The van der Waals surface area contributed by atoms with Gasteiger partial charge < -0.3 is 4.74 Å². The molecule has 0 saturated carbocycles. The fourth-order valence-corrected chi connectivity index (χ4v) is 1.40. The smallest absolute Gasteiger partial charge is 0.188 e. The molecule has 1 heterocycles. The van der Waals surface area contributed by atoms with Crippen LogP contribution < -0.4 is 0 Å². The zero-order valence-corrected chi connectivity index (χ0v) is 9.55. The van der Waals surface area contributed by atoms with Gasteiger partial charge in [0.2, 0.25) is 0 Å². The minimum atomic E-state index is 0.576. The van der Waals surface area contributed by atoms with E-state index in [1.165, 1.54) is 12.8 Å². The quantitative estimate of drug-likeness (QED) is 0.660. The van der Waals surface area contributed by atoms with Crippen LogP contribution in [0.15, 0.2) is 16.8 Å². The van der Waals surface area contributed by atoms with E-state index in [2.05, 4.69) is 24.9 Å². The summed E-state index contributed by atoms with van der Waals surface area (Å²) in [4.78, 5) is 4.46. The first-order valence-corrected chi connectivity index (χ1v) is 5.55. The van der Waals surface area contributed by atoms with Crippen LogP contribution in [0, 0.1) is 5.92 Å². The largest absolute Gasteiger partial charge is 0.480 e. The molecule has 0 bridgehead atoms. The lowest BCUT2D eigenvalue weighted by molar-refractivity contribution is 0.250. The molecule has 0 N–H and O–H groups in total. The Hall–Kier alpha value is -0.790. The summed E-state index contributed by atoms with van der Waals surface area (Å²) in [6.45, 7) is 7.15. The Labute approximate surface area is 87.1 Å². The first kappa shape index (κ1) is 11.3. The number of hydrogen-bond acceptors (Lipinski definition) is 2. The van der Waals surface area contributed by atoms with Crippen LogP contribution in [0.5, 0.6) is 0 Å². The van der Waals surface area contributed by atoms with Crippen molar-refractivity contribution in [1.82, 2.24) is 0 Å². The molecule has 0 radical (unpaired) electrons. The maximum Gasteiger partial charge on any atom is 0.188 e. The number of hydrogen-bond donors (Lipinski definition) is 0. The number of ether oxygens (including phenoxy) is 1. The highest BCUT2D eigenvalue weighted by molar-refractivity contribution is 5.77. The van der Waals surface area contributed by atoms with Crippen LogP contribution >= 0.6 is 0 Å². The summed E-state index contributed by atoms with van der Waals surface area (Å²) < 4.78 is 5.66. The van der Waals surface area contributed by atoms with Crippen LogP contribution in [-0.2, 0) is 4.74 Å². The van der Waals surface area contributed by atoms with Gasteiger partial charge >= 0.3 is 0 Å². The maximum absolute atomic E-state index is 5.66. The lowest BCUT2D eigenvalue weighted by atomic mass is 10.1. The molecule has 0 unspecified atom stereocenters. The second-order valence-electron chi connectivity index (χ2n) is 4.30. The van der Waals surface area contributed by atoms with E-state index in [9.17, 15) is 0 Å². The van der Waals surface area contributed by atoms with Gasteiger partial charge in [-0.2, -0.15) is 0 Å². The Morgan fingerprint density at radius 2 is 2.21 bits per heavy atom. The third-order valence-corrected chi connectivity index (χ3v) is 2.17. The molecule has 0 atom stereocenters. The number of nitrogens with zero attached hydrogens (tertiary/aromatic N) is 1. The molecule has 1 aliphatic rings. The fraction of sp³-hybridized carbons (Fsp3) is 0.750. The highest BCUT2D eigenvalue weighted by Crippen LogP contribution is 2.12. The molecule has 2 heteroatoms. The predicted octanol–water partition coefficient (Wildman–Crippen LogP) is 3.54. The van der Waals surface area contributed by atoms with Gasteiger partial charge in [0.05, 0.1) is 6.61 Å². The van der Waals surface area contributed by atoms with Crippen LogP contribution in [0.1, 0.15) is 46.5 Å². The van der Waals surface area contributed by atoms with Gasteiger partial charge in [-0.1, -0.05) is 19.9 Å². The average molecular weight is 195 g/mol. The van der Waals surface area contributed by atoms with Crippen molar-refractivity contribution in [3.63, 3.8) is 0 Å². The number of rotatable bonds is 2. The molecule has 14 heavy (non-hydrogen) atoms. The van der Waals surface area contributed by atoms with Crippen molar-refractivity contribution in [2.24, 2.45) is 10.9 Å². The van der Waals surface area contributed by atoms with E-state index in [4.69, 9.17) is 4.74 Å². The molecule has 0 fully saturated rings. The summed E-state index contributed by atoms with van der Waals surface area (Å²) in [7, 11) is 0. The van der Waals surface area contributed by atoms with Gasteiger partial charge in [-0.05, 0) is 32.1 Å². The van der Waals surface area contributed by atoms with E-state index in [1.54, 1.807) is 0 Å². The summed E-state index contributed by atoms with van der Waals surface area (Å²) in [5.74, 6) is 1.50. The van der Waals surface area contributed by atoms with E-state index in [0.717, 1.165) is 31.0 Å². The Kier molecular flexibility index (Phi) is 4.71. The molecular weight excluding hydrogens is 174 g/mol. The molecule has 0 aromatic carbocycles. The lowest BCUT2D eigenvalue weighted by Gasteiger charge is -2.13. The van der Waals surface area contributed by atoms with Gasteiger partial charge in [-0.25, -0.2) is 4.99 Å². The normalized spacial score (nSPS) is 25.7. The summed E-state index contributed by atoms with van der Waals surface area (Å²) in [5, 5.41) is 0. The van der Waals surface area contributed by atoms with E-state index in [1.807, 2.05) is 6.92 Å². The summed E-state index contributed by atoms with van der Waals surface area (Å²) in [6.07, 6.45) is 6.80. The molecule has 1 aliphatic heterocycles. The summed E-state index contributed by atoms with van der Waals surface area (Å²) >= 11 is 0. The van der Waals surface area contributed by atoms with Crippen molar-refractivity contribution < 1.29 is 4.74 Å². The molecule has 1 rings (SSSR count). The van der Waals surface area contributed by atoms with Crippen molar-refractivity contribution in [1.29, 1.82) is 0 Å². The lowest BCUT2D eigenvalue weighted by Crippen LogP contribution is -2.11. The van der Waals surface area contributed by atoms with E-state index < -0.39 is 0 Å². The minimum absolute atomic E-state index is 0.576. The highest BCUT2D eigenvalue weighted by atomic mass is 16.5. The highest BCUT2D eigenvalue weighted by Gasteiger charge is 2.05. The third-order valence-electron chi connectivity index (χ3n) is 2.17.